The van der Waals surface area contributed by atoms with E-state index in [2.05, 4.69) is 0 Å². The molecule has 0 spiro atoms. The predicted octanol–water partition coefficient (Wildman–Crippen LogP) is 3.37. The summed E-state index contributed by atoms with van der Waals surface area (Å²) < 4.78 is 5.25. The van der Waals surface area contributed by atoms with E-state index in [1.165, 1.54) is 6.08 Å². The molecule has 4 nitrogen and oxygen atoms in total. The van der Waals surface area contributed by atoms with E-state index < -0.39 is 4.92 Å². The fraction of sp³-hybridized carbons (Fsp3) is 0.231. The lowest BCUT2D eigenvalue weighted by Gasteiger charge is -2.06. The van der Waals surface area contributed by atoms with E-state index in [-0.39, 0.29) is 0 Å². The maximum absolute atomic E-state index is 10.2. The molecule has 4 heteroatoms. The van der Waals surface area contributed by atoms with Crippen molar-refractivity contribution in [2.45, 2.75) is 13.8 Å². The van der Waals surface area contributed by atoms with Gasteiger partial charge in [0.2, 0.25) is 6.20 Å². The molecule has 0 N–H and O–H groups in total. The molecule has 0 unspecified atom stereocenters. The van der Waals surface area contributed by atoms with Gasteiger partial charge >= 0.3 is 0 Å². The molecule has 0 amide bonds. The quantitative estimate of drug-likeness (QED) is 0.591. The minimum absolute atomic E-state index is 0.490. The number of nitrogens with zero attached hydrogens (tertiary/aromatic N) is 1. The van der Waals surface area contributed by atoms with Crippen molar-refractivity contribution in [3.63, 3.8) is 0 Å². The van der Waals surface area contributed by atoms with Crippen LogP contribution in [-0.4, -0.2) is 12.0 Å². The number of rotatable bonds is 4. The molecular weight excluding hydrogens is 218 g/mol. The van der Waals surface area contributed by atoms with Crippen LogP contribution in [0.15, 0.2) is 30.0 Å². The van der Waals surface area contributed by atoms with E-state index in [0.717, 1.165) is 22.9 Å². The third-order valence-corrected chi connectivity index (χ3v) is 2.09. The molecule has 0 saturated carbocycles. The van der Waals surface area contributed by atoms with Crippen molar-refractivity contribution in [2.24, 2.45) is 0 Å². The van der Waals surface area contributed by atoms with Gasteiger partial charge in [0.15, 0.2) is 0 Å². The first-order valence-electron chi connectivity index (χ1n) is 5.17. The molecule has 0 saturated heterocycles. The Balaban J connectivity index is 3.08. The van der Waals surface area contributed by atoms with Crippen molar-refractivity contribution in [3.05, 3.63) is 51.2 Å². The number of allylic oxidation sites excluding steroid dienone is 1. The second-order valence-electron chi connectivity index (χ2n) is 3.82. The number of hydrogen-bond donors (Lipinski definition) is 0. The van der Waals surface area contributed by atoms with Gasteiger partial charge < -0.3 is 4.74 Å². The van der Waals surface area contributed by atoms with Crippen LogP contribution in [0.4, 0.5) is 0 Å². The Morgan fingerprint density at radius 1 is 1.41 bits per heavy atom. The fourth-order valence-corrected chi connectivity index (χ4v) is 1.41. The standard InChI is InChI=1S/C13H15NO3/c1-10(2)8-12-5-4-11(6-7-14(15)16)9-13(12)17-3/h4-9H,1-3H3. The van der Waals surface area contributed by atoms with E-state index in [1.807, 2.05) is 32.1 Å². The van der Waals surface area contributed by atoms with Crippen molar-refractivity contribution >= 4 is 12.2 Å². The second kappa shape index (κ2) is 5.84. The largest absolute Gasteiger partial charge is 0.496 e. The molecule has 1 aromatic carbocycles. The van der Waals surface area contributed by atoms with Crippen LogP contribution in [0.5, 0.6) is 5.75 Å². The first kappa shape index (κ1) is 13.0. The van der Waals surface area contributed by atoms with Gasteiger partial charge in [-0.05, 0) is 25.5 Å². The van der Waals surface area contributed by atoms with Crippen molar-refractivity contribution in [3.8, 4) is 5.75 Å². The third kappa shape index (κ3) is 4.10. The summed E-state index contributed by atoms with van der Waals surface area (Å²) in [6, 6.07) is 5.47. The summed E-state index contributed by atoms with van der Waals surface area (Å²) in [4.78, 5) is 9.73. The van der Waals surface area contributed by atoms with Crippen LogP contribution in [0.3, 0.4) is 0 Å². The lowest BCUT2D eigenvalue weighted by molar-refractivity contribution is -0.400. The Bertz CT molecular complexity index is 472. The molecule has 17 heavy (non-hydrogen) atoms. The second-order valence-corrected chi connectivity index (χ2v) is 3.82. The molecule has 0 fully saturated rings. The third-order valence-electron chi connectivity index (χ3n) is 2.09. The summed E-state index contributed by atoms with van der Waals surface area (Å²) in [6.07, 6.45) is 4.35. The van der Waals surface area contributed by atoms with E-state index in [9.17, 15) is 10.1 Å². The fourth-order valence-electron chi connectivity index (χ4n) is 1.41. The van der Waals surface area contributed by atoms with Gasteiger partial charge in [-0.1, -0.05) is 23.8 Å². The molecule has 1 rings (SSSR count). The van der Waals surface area contributed by atoms with E-state index >= 15 is 0 Å². The van der Waals surface area contributed by atoms with Crippen LogP contribution in [0.1, 0.15) is 25.0 Å². The molecule has 0 aliphatic heterocycles. The summed E-state index contributed by atoms with van der Waals surface area (Å²) in [5, 5.41) is 10.2. The number of benzene rings is 1. The molecule has 1 aromatic rings. The highest BCUT2D eigenvalue weighted by Gasteiger charge is 2.01. The molecule has 0 aliphatic rings. The number of ether oxygens (including phenoxy) is 1. The summed E-state index contributed by atoms with van der Waals surface area (Å²) in [5.41, 5.74) is 2.87. The molecule has 90 valence electrons. The van der Waals surface area contributed by atoms with Crippen LogP contribution in [-0.2, 0) is 0 Å². The van der Waals surface area contributed by atoms with Crippen molar-refractivity contribution < 1.29 is 9.66 Å². The van der Waals surface area contributed by atoms with Crippen LogP contribution < -0.4 is 4.74 Å². The highest BCUT2D eigenvalue weighted by molar-refractivity contribution is 5.63. The Morgan fingerprint density at radius 2 is 2.12 bits per heavy atom. The molecule has 0 aromatic heterocycles. The summed E-state index contributed by atoms with van der Waals surface area (Å²) >= 11 is 0. The van der Waals surface area contributed by atoms with Crippen LogP contribution in [0.25, 0.3) is 12.2 Å². The van der Waals surface area contributed by atoms with Crippen molar-refractivity contribution in [2.75, 3.05) is 7.11 Å². The molecule has 0 radical (unpaired) electrons. The lowest BCUT2D eigenvalue weighted by Crippen LogP contribution is -1.89. The Kier molecular flexibility index (Phi) is 4.46. The summed E-state index contributed by atoms with van der Waals surface area (Å²) in [5.74, 6) is 0.705. The number of nitro groups is 1. The highest BCUT2D eigenvalue weighted by Crippen LogP contribution is 2.23. The van der Waals surface area contributed by atoms with Gasteiger partial charge in [-0.15, -0.1) is 0 Å². The topological polar surface area (TPSA) is 52.4 Å². The zero-order valence-electron chi connectivity index (χ0n) is 10.1. The van der Waals surface area contributed by atoms with Gasteiger partial charge in [0.05, 0.1) is 12.0 Å². The zero-order chi connectivity index (χ0) is 12.8. The maximum atomic E-state index is 10.2. The molecular formula is C13H15NO3. The molecule has 0 atom stereocenters. The lowest BCUT2D eigenvalue weighted by atomic mass is 10.1. The van der Waals surface area contributed by atoms with Crippen molar-refractivity contribution in [1.82, 2.24) is 0 Å². The SMILES string of the molecule is COc1cc(C=C[N+](=O)[O-])ccc1C=C(C)C. The summed E-state index contributed by atoms with van der Waals surface area (Å²) in [6.45, 7) is 4.00. The first-order valence-corrected chi connectivity index (χ1v) is 5.17. The van der Waals surface area contributed by atoms with Crippen LogP contribution >= 0.6 is 0 Å². The minimum Gasteiger partial charge on any atom is -0.496 e. The smallest absolute Gasteiger partial charge is 0.235 e. The minimum atomic E-state index is -0.490. The van der Waals surface area contributed by atoms with Gasteiger partial charge in [-0.2, -0.15) is 0 Å². The highest BCUT2D eigenvalue weighted by atomic mass is 16.6. The van der Waals surface area contributed by atoms with Crippen molar-refractivity contribution in [1.29, 1.82) is 0 Å². The Morgan fingerprint density at radius 3 is 2.65 bits per heavy atom. The van der Waals surface area contributed by atoms with E-state index in [1.54, 1.807) is 13.2 Å². The average molecular weight is 233 g/mol. The van der Waals surface area contributed by atoms with Gasteiger partial charge in [0, 0.05) is 11.6 Å². The van der Waals surface area contributed by atoms with Gasteiger partial charge in [0.25, 0.3) is 0 Å². The van der Waals surface area contributed by atoms with Gasteiger partial charge in [0.1, 0.15) is 5.75 Å². The molecule has 0 heterocycles. The van der Waals surface area contributed by atoms with E-state index in [4.69, 9.17) is 4.74 Å². The van der Waals surface area contributed by atoms with Gasteiger partial charge in [-0.3, -0.25) is 10.1 Å². The van der Waals surface area contributed by atoms with Crippen LogP contribution in [0.2, 0.25) is 0 Å². The molecule has 0 bridgehead atoms. The number of methoxy groups -OCH3 is 1. The Hall–Kier alpha value is -2.10. The number of hydrogen-bond acceptors (Lipinski definition) is 3. The zero-order valence-corrected chi connectivity index (χ0v) is 10.1. The van der Waals surface area contributed by atoms with Gasteiger partial charge in [-0.25, -0.2) is 0 Å². The van der Waals surface area contributed by atoms with E-state index in [0.29, 0.717) is 5.75 Å². The molecule has 0 aliphatic carbocycles. The Labute approximate surface area is 100 Å². The monoisotopic (exact) mass is 233 g/mol. The average Bonchev–Trinajstić information content (AvgIpc) is 2.26. The maximum Gasteiger partial charge on any atom is 0.235 e. The normalized spacial score (nSPS) is 10.3. The summed E-state index contributed by atoms with van der Waals surface area (Å²) in [7, 11) is 1.58. The van der Waals surface area contributed by atoms with Crippen LogP contribution in [0, 0.1) is 10.1 Å². The first-order chi connectivity index (χ1) is 8.02. The predicted molar refractivity (Wildman–Crippen MR) is 68.3 cm³/mol.